The van der Waals surface area contributed by atoms with Gasteiger partial charge in [0, 0.05) is 16.7 Å². The van der Waals surface area contributed by atoms with E-state index in [-0.39, 0.29) is 24.0 Å². The van der Waals surface area contributed by atoms with Crippen molar-refractivity contribution in [2.75, 3.05) is 13.2 Å². The Bertz CT molecular complexity index is 774. The Hall–Kier alpha value is -1.46. The van der Waals surface area contributed by atoms with Crippen molar-refractivity contribution in [1.82, 2.24) is 5.32 Å². The quantitative estimate of drug-likeness (QED) is 0.776. The number of hydrogen-bond donors (Lipinski definition) is 2. The van der Waals surface area contributed by atoms with Gasteiger partial charge in [0.25, 0.3) is 8.32 Å². The van der Waals surface area contributed by atoms with Crippen molar-refractivity contribution in [2.45, 2.75) is 57.1 Å². The van der Waals surface area contributed by atoms with Crippen LogP contribution in [0.25, 0.3) is 0 Å². The lowest BCUT2D eigenvalue weighted by Gasteiger charge is -2.44. The van der Waals surface area contributed by atoms with E-state index in [9.17, 15) is 5.11 Å². The largest absolute Gasteiger partial charge is 0.406 e. The lowest BCUT2D eigenvalue weighted by atomic mass is 9.93. The molecule has 1 aliphatic rings. The summed E-state index contributed by atoms with van der Waals surface area (Å²) in [5.74, 6) is 0. The molecule has 2 aromatic carbocycles. The molecular weight excluding hydrogens is 350 g/mol. The van der Waals surface area contributed by atoms with Crippen LogP contribution in [-0.4, -0.2) is 38.2 Å². The predicted octanol–water partition coefficient (Wildman–Crippen LogP) is 3.07. The van der Waals surface area contributed by atoms with Gasteiger partial charge >= 0.3 is 0 Å². The van der Waals surface area contributed by atoms with Gasteiger partial charge in [0.1, 0.15) is 0 Å². The standard InChI is InChI=1S/C23H33NO2Si/c1-22(2,3)27(20-11-7-5-8-12-20,21-13-9-6-10-14-21)26-17-19-15-16-23(4,25)18-24-19/h5-14,19,24-25H,15-18H2,1-4H3/t19-,23?/m1/s1/i4D3. The highest BCUT2D eigenvalue weighted by molar-refractivity contribution is 6.99. The van der Waals surface area contributed by atoms with E-state index in [1.807, 2.05) is 12.1 Å². The van der Waals surface area contributed by atoms with E-state index in [1.165, 1.54) is 10.4 Å². The second-order valence-electron chi connectivity index (χ2n) is 8.62. The lowest BCUT2D eigenvalue weighted by Crippen LogP contribution is -2.67. The van der Waals surface area contributed by atoms with Crippen LogP contribution in [0.3, 0.4) is 0 Å². The van der Waals surface area contributed by atoms with Crippen LogP contribution in [0.15, 0.2) is 60.7 Å². The van der Waals surface area contributed by atoms with Gasteiger partial charge in [-0.1, -0.05) is 81.4 Å². The smallest absolute Gasteiger partial charge is 0.261 e. The molecule has 0 radical (unpaired) electrons. The van der Waals surface area contributed by atoms with Crippen molar-refractivity contribution in [3.63, 3.8) is 0 Å². The van der Waals surface area contributed by atoms with Crippen LogP contribution in [0.2, 0.25) is 5.04 Å². The van der Waals surface area contributed by atoms with Crippen LogP contribution in [0.1, 0.15) is 44.6 Å². The minimum Gasteiger partial charge on any atom is -0.406 e. The van der Waals surface area contributed by atoms with E-state index in [0.29, 0.717) is 13.0 Å². The van der Waals surface area contributed by atoms with Gasteiger partial charge in [-0.15, -0.1) is 0 Å². The number of rotatable bonds is 5. The van der Waals surface area contributed by atoms with Gasteiger partial charge in [-0.05, 0) is 35.1 Å². The molecule has 27 heavy (non-hydrogen) atoms. The maximum absolute atomic E-state index is 10.5. The number of β-amino-alcohol motifs (C(OH)–C–C–N with tert-alkyl or cyclic N) is 1. The van der Waals surface area contributed by atoms with Crippen LogP contribution in [0, 0.1) is 0 Å². The Labute approximate surface area is 169 Å². The molecule has 2 atom stereocenters. The molecule has 3 rings (SSSR count). The van der Waals surface area contributed by atoms with E-state index >= 15 is 0 Å². The van der Waals surface area contributed by atoms with Gasteiger partial charge in [-0.3, -0.25) is 0 Å². The zero-order valence-electron chi connectivity index (χ0n) is 19.5. The second-order valence-corrected chi connectivity index (χ2v) is 12.9. The normalized spacial score (nSPS) is 26.1. The van der Waals surface area contributed by atoms with E-state index in [1.54, 1.807) is 0 Å². The molecule has 1 heterocycles. The minimum absolute atomic E-state index is 0.00859. The summed E-state index contributed by atoms with van der Waals surface area (Å²) in [6.45, 7) is 4.86. The average Bonchev–Trinajstić information content (AvgIpc) is 2.70. The number of piperidine rings is 1. The molecule has 0 amide bonds. The van der Waals surface area contributed by atoms with Gasteiger partial charge in [-0.25, -0.2) is 0 Å². The molecule has 1 saturated heterocycles. The summed E-state index contributed by atoms with van der Waals surface area (Å²) in [6, 6.07) is 20.9. The third-order valence-electron chi connectivity index (χ3n) is 5.51. The third kappa shape index (κ3) is 4.35. The van der Waals surface area contributed by atoms with E-state index in [4.69, 9.17) is 8.54 Å². The van der Waals surface area contributed by atoms with E-state index < -0.39 is 20.8 Å². The first-order valence-corrected chi connectivity index (χ1v) is 11.6. The van der Waals surface area contributed by atoms with Crippen molar-refractivity contribution in [1.29, 1.82) is 0 Å². The molecular formula is C23H33NO2Si. The SMILES string of the molecule is [2H]C([2H])([2H])C1(O)CC[C@H](CO[Si](c2ccccc2)(c2ccccc2)C(C)(C)C)NC1. The number of benzene rings is 2. The molecule has 0 bridgehead atoms. The molecule has 4 heteroatoms. The molecule has 1 aliphatic heterocycles. The molecule has 0 spiro atoms. The van der Waals surface area contributed by atoms with Gasteiger partial charge in [0.05, 0.1) is 12.2 Å². The Morgan fingerprint density at radius 1 is 1.11 bits per heavy atom. The summed E-state index contributed by atoms with van der Waals surface area (Å²) < 4.78 is 29.8. The van der Waals surface area contributed by atoms with Crippen LogP contribution in [0.4, 0.5) is 0 Å². The van der Waals surface area contributed by atoms with Crippen molar-refractivity contribution in [3.05, 3.63) is 60.7 Å². The molecule has 0 aromatic heterocycles. The lowest BCUT2D eigenvalue weighted by molar-refractivity contribution is 0.0181. The Balaban J connectivity index is 1.88. The highest BCUT2D eigenvalue weighted by Crippen LogP contribution is 2.37. The van der Waals surface area contributed by atoms with Gasteiger partial charge < -0.3 is 14.8 Å². The summed E-state index contributed by atoms with van der Waals surface area (Å²) in [5, 5.41) is 16.0. The zero-order valence-corrected chi connectivity index (χ0v) is 17.5. The molecule has 1 fully saturated rings. The Morgan fingerprint density at radius 2 is 1.67 bits per heavy atom. The monoisotopic (exact) mass is 386 g/mol. The summed E-state index contributed by atoms with van der Waals surface area (Å²) in [7, 11) is -2.62. The number of nitrogens with one attached hydrogen (secondary N) is 1. The highest BCUT2D eigenvalue weighted by atomic mass is 28.4. The van der Waals surface area contributed by atoms with E-state index in [2.05, 4.69) is 74.6 Å². The maximum Gasteiger partial charge on any atom is 0.261 e. The van der Waals surface area contributed by atoms with Crippen molar-refractivity contribution in [3.8, 4) is 0 Å². The summed E-state index contributed by atoms with van der Waals surface area (Å²) in [6.07, 6.45) is 0.804. The van der Waals surface area contributed by atoms with Crippen molar-refractivity contribution in [2.24, 2.45) is 0 Å². The highest BCUT2D eigenvalue weighted by Gasteiger charge is 2.50. The number of hydrogen-bond acceptors (Lipinski definition) is 3. The molecule has 0 saturated carbocycles. The predicted molar refractivity (Wildman–Crippen MR) is 115 cm³/mol. The summed E-state index contributed by atoms with van der Waals surface area (Å²) >= 11 is 0. The van der Waals surface area contributed by atoms with E-state index in [0.717, 1.165) is 0 Å². The second kappa shape index (κ2) is 7.88. The Morgan fingerprint density at radius 3 is 2.07 bits per heavy atom. The fraction of sp³-hybridized carbons (Fsp3) is 0.478. The fourth-order valence-electron chi connectivity index (χ4n) is 4.05. The first-order chi connectivity index (χ1) is 14.0. The minimum atomic E-state index is -2.62. The van der Waals surface area contributed by atoms with Crippen LogP contribution in [0.5, 0.6) is 0 Å². The topological polar surface area (TPSA) is 41.5 Å². The third-order valence-corrected chi connectivity index (χ3v) is 10.5. The zero-order chi connectivity index (χ0) is 22.0. The molecule has 1 unspecified atom stereocenters. The molecule has 2 N–H and O–H groups in total. The van der Waals surface area contributed by atoms with Crippen LogP contribution < -0.4 is 15.7 Å². The maximum atomic E-state index is 10.5. The van der Waals surface area contributed by atoms with Gasteiger partial charge in [0.2, 0.25) is 0 Å². The van der Waals surface area contributed by atoms with Crippen LogP contribution >= 0.6 is 0 Å². The van der Waals surface area contributed by atoms with Crippen LogP contribution in [-0.2, 0) is 4.43 Å². The Kier molecular flexibility index (Phi) is 4.81. The summed E-state index contributed by atoms with van der Waals surface area (Å²) in [5.41, 5.74) is -1.67. The molecule has 3 nitrogen and oxygen atoms in total. The first kappa shape index (κ1) is 16.5. The molecule has 146 valence electrons. The number of aliphatic hydroxyl groups is 1. The fourth-order valence-corrected chi connectivity index (χ4v) is 8.65. The van der Waals surface area contributed by atoms with Crippen molar-refractivity contribution >= 4 is 18.7 Å². The average molecular weight is 387 g/mol. The molecule has 0 aliphatic carbocycles. The van der Waals surface area contributed by atoms with Gasteiger partial charge in [-0.2, -0.15) is 0 Å². The van der Waals surface area contributed by atoms with Gasteiger partial charge in [0.15, 0.2) is 0 Å². The van der Waals surface area contributed by atoms with Crippen molar-refractivity contribution < 1.29 is 13.6 Å². The summed E-state index contributed by atoms with van der Waals surface area (Å²) in [4.78, 5) is 0. The first-order valence-electron chi connectivity index (χ1n) is 11.2. The molecule has 2 aromatic rings.